The minimum atomic E-state index is -0.899. The highest BCUT2D eigenvalue weighted by Crippen LogP contribution is 2.33. The lowest BCUT2D eigenvalue weighted by Crippen LogP contribution is -2.42. The highest BCUT2D eigenvalue weighted by atomic mass is 16.5. The van der Waals surface area contributed by atoms with Gasteiger partial charge in [-0.25, -0.2) is 9.78 Å². The fraction of sp³-hybridized carbons (Fsp3) is 0.273. The number of pyridine rings is 1. The van der Waals surface area contributed by atoms with Gasteiger partial charge in [-0.1, -0.05) is 12.1 Å². The average Bonchev–Trinajstić information content (AvgIpc) is 3.33. The molecule has 9 nitrogen and oxygen atoms in total. The number of aromatic nitrogens is 2. The second-order valence-electron chi connectivity index (χ2n) is 7.25. The Kier molecular flexibility index (Phi) is 5.57. The van der Waals surface area contributed by atoms with Gasteiger partial charge < -0.3 is 24.5 Å². The van der Waals surface area contributed by atoms with Crippen LogP contribution in [-0.2, 0) is 27.5 Å². The van der Waals surface area contributed by atoms with E-state index in [1.165, 1.54) is 12.0 Å². The van der Waals surface area contributed by atoms with E-state index in [2.05, 4.69) is 4.98 Å². The number of esters is 1. The molecular weight excluding hydrogens is 400 g/mol. The summed E-state index contributed by atoms with van der Waals surface area (Å²) in [7, 11) is 1.25. The molecular formula is C22H22N4O5. The van der Waals surface area contributed by atoms with Crippen molar-refractivity contribution in [1.82, 2.24) is 14.3 Å². The molecule has 3 aromatic rings. The van der Waals surface area contributed by atoms with Gasteiger partial charge in [0.2, 0.25) is 5.91 Å². The smallest absolute Gasteiger partial charge is 0.328 e. The molecule has 31 heavy (non-hydrogen) atoms. The number of methoxy groups -OCH3 is 1. The van der Waals surface area contributed by atoms with Crippen LogP contribution in [-0.4, -0.2) is 45.2 Å². The summed E-state index contributed by atoms with van der Waals surface area (Å²) >= 11 is 0. The second kappa shape index (κ2) is 8.47. The van der Waals surface area contributed by atoms with Crippen LogP contribution in [0, 0.1) is 0 Å². The first-order valence-electron chi connectivity index (χ1n) is 9.82. The first kappa shape index (κ1) is 20.4. The van der Waals surface area contributed by atoms with Crippen LogP contribution in [0.5, 0.6) is 5.75 Å². The molecule has 160 valence electrons. The van der Waals surface area contributed by atoms with Gasteiger partial charge in [0.05, 0.1) is 19.3 Å². The molecule has 1 aliphatic rings. The van der Waals surface area contributed by atoms with Crippen molar-refractivity contribution in [2.75, 3.05) is 7.11 Å². The molecule has 0 saturated carbocycles. The van der Waals surface area contributed by atoms with Crippen molar-refractivity contribution in [1.29, 1.82) is 0 Å². The third kappa shape index (κ3) is 4.07. The van der Waals surface area contributed by atoms with Crippen molar-refractivity contribution in [3.05, 3.63) is 65.6 Å². The number of carbonyl (C=O) groups excluding carboxylic acids is 3. The molecule has 1 unspecified atom stereocenters. The number of primary amides is 1. The van der Waals surface area contributed by atoms with Crippen LogP contribution in [0.15, 0.2) is 48.8 Å². The van der Waals surface area contributed by atoms with Crippen molar-refractivity contribution < 1.29 is 23.9 Å². The van der Waals surface area contributed by atoms with Crippen molar-refractivity contribution in [3.8, 4) is 5.75 Å². The molecule has 4 rings (SSSR count). The maximum Gasteiger partial charge on any atom is 0.328 e. The number of hydrogen-bond donors (Lipinski definition) is 1. The third-order valence-electron chi connectivity index (χ3n) is 5.26. The Balaban J connectivity index is 1.54. The molecule has 1 atom stereocenters. The molecule has 0 fully saturated rings. The van der Waals surface area contributed by atoms with E-state index < -0.39 is 17.9 Å². The van der Waals surface area contributed by atoms with Gasteiger partial charge in [0.15, 0.2) is 0 Å². The fourth-order valence-electron chi connectivity index (χ4n) is 3.74. The summed E-state index contributed by atoms with van der Waals surface area (Å²) in [6.45, 7) is 0.405. The molecule has 0 spiro atoms. The summed E-state index contributed by atoms with van der Waals surface area (Å²) in [5, 5.41) is 0. The van der Waals surface area contributed by atoms with Crippen molar-refractivity contribution >= 4 is 23.4 Å². The maximum absolute atomic E-state index is 13.0. The van der Waals surface area contributed by atoms with E-state index in [1.807, 2.05) is 35.0 Å². The van der Waals surface area contributed by atoms with Crippen molar-refractivity contribution in [2.45, 2.75) is 32.0 Å². The standard InChI is InChI=1S/C22H22N4O5/c1-30-22(29)17(8-9-19(23)27)26-12-16-15(21(26)28)5-4-6-18(16)31-13-14-11-25-10-3-2-7-20(25)24-14/h2-7,10-11,17H,8-9,12-13H2,1H3,(H2,23,27). The summed E-state index contributed by atoms with van der Waals surface area (Å²) in [4.78, 5) is 42.4. The number of amides is 2. The number of rotatable bonds is 8. The summed E-state index contributed by atoms with van der Waals surface area (Å²) in [6.07, 6.45) is 3.85. The largest absolute Gasteiger partial charge is 0.487 e. The van der Waals surface area contributed by atoms with E-state index in [-0.39, 0.29) is 31.9 Å². The summed E-state index contributed by atoms with van der Waals surface area (Å²) in [5.41, 5.74) is 7.93. The number of imidazole rings is 1. The predicted octanol–water partition coefficient (Wildman–Crippen LogP) is 1.68. The van der Waals surface area contributed by atoms with E-state index in [0.29, 0.717) is 16.9 Å². The van der Waals surface area contributed by atoms with Gasteiger partial charge in [0.1, 0.15) is 24.0 Å². The number of nitrogens with zero attached hydrogens (tertiary/aromatic N) is 3. The van der Waals surface area contributed by atoms with E-state index in [1.54, 1.807) is 18.2 Å². The van der Waals surface area contributed by atoms with Crippen LogP contribution >= 0.6 is 0 Å². The monoisotopic (exact) mass is 422 g/mol. The highest BCUT2D eigenvalue weighted by Gasteiger charge is 2.38. The molecule has 3 heterocycles. The van der Waals surface area contributed by atoms with Gasteiger partial charge in [-0.3, -0.25) is 9.59 Å². The molecule has 1 aromatic carbocycles. The molecule has 9 heteroatoms. The summed E-state index contributed by atoms with van der Waals surface area (Å²) < 4.78 is 12.7. The van der Waals surface area contributed by atoms with Gasteiger partial charge in [-0.2, -0.15) is 0 Å². The van der Waals surface area contributed by atoms with Gasteiger partial charge in [-0.05, 0) is 30.7 Å². The molecule has 0 aliphatic carbocycles. The average molecular weight is 422 g/mol. The first-order chi connectivity index (χ1) is 15.0. The van der Waals surface area contributed by atoms with Gasteiger partial charge in [0.25, 0.3) is 5.91 Å². The quantitative estimate of drug-likeness (QED) is 0.552. The number of hydrogen-bond acceptors (Lipinski definition) is 6. The topological polar surface area (TPSA) is 116 Å². The van der Waals surface area contributed by atoms with Gasteiger partial charge >= 0.3 is 5.97 Å². The lowest BCUT2D eigenvalue weighted by atomic mass is 10.1. The summed E-state index contributed by atoms with van der Waals surface area (Å²) in [5.74, 6) is -0.902. The van der Waals surface area contributed by atoms with Crippen molar-refractivity contribution in [2.24, 2.45) is 5.73 Å². The Labute approximate surface area is 178 Å². The molecule has 0 bridgehead atoms. The number of nitrogens with two attached hydrogens (primary N) is 1. The van der Waals surface area contributed by atoms with Gasteiger partial charge in [0, 0.05) is 29.9 Å². The number of benzene rings is 1. The van der Waals surface area contributed by atoms with Crippen LogP contribution in [0.3, 0.4) is 0 Å². The van der Waals surface area contributed by atoms with Gasteiger partial charge in [-0.15, -0.1) is 0 Å². The Morgan fingerprint density at radius 2 is 2.06 bits per heavy atom. The van der Waals surface area contributed by atoms with E-state index in [4.69, 9.17) is 15.2 Å². The van der Waals surface area contributed by atoms with Crippen LogP contribution in [0.25, 0.3) is 5.65 Å². The normalized spacial score (nSPS) is 13.8. The number of ether oxygens (including phenoxy) is 2. The lowest BCUT2D eigenvalue weighted by molar-refractivity contribution is -0.146. The van der Waals surface area contributed by atoms with E-state index >= 15 is 0 Å². The molecule has 1 aliphatic heterocycles. The zero-order chi connectivity index (χ0) is 22.0. The molecule has 2 aromatic heterocycles. The van der Waals surface area contributed by atoms with Crippen LogP contribution in [0.2, 0.25) is 0 Å². The van der Waals surface area contributed by atoms with Crippen LogP contribution in [0.4, 0.5) is 0 Å². The van der Waals surface area contributed by atoms with Crippen molar-refractivity contribution in [3.63, 3.8) is 0 Å². The minimum absolute atomic E-state index is 0.0306. The zero-order valence-corrected chi connectivity index (χ0v) is 17.0. The molecule has 0 radical (unpaired) electrons. The Morgan fingerprint density at radius 1 is 1.23 bits per heavy atom. The van der Waals surface area contributed by atoms with Crippen LogP contribution in [0.1, 0.15) is 34.5 Å². The highest BCUT2D eigenvalue weighted by molar-refractivity contribution is 6.01. The first-order valence-corrected chi connectivity index (χ1v) is 9.82. The second-order valence-corrected chi connectivity index (χ2v) is 7.25. The molecule has 2 N–H and O–H groups in total. The Bertz CT molecular complexity index is 1120. The van der Waals surface area contributed by atoms with Crippen LogP contribution < -0.4 is 10.5 Å². The summed E-state index contributed by atoms with van der Waals surface area (Å²) in [6, 6.07) is 10.0. The number of carbonyl (C=O) groups is 3. The van der Waals surface area contributed by atoms with E-state index in [0.717, 1.165) is 11.3 Å². The Hall–Kier alpha value is -3.88. The van der Waals surface area contributed by atoms with E-state index in [9.17, 15) is 14.4 Å². The minimum Gasteiger partial charge on any atom is -0.487 e. The molecule has 2 amide bonds. The maximum atomic E-state index is 13.0. The lowest BCUT2D eigenvalue weighted by Gasteiger charge is -2.25. The third-order valence-corrected chi connectivity index (χ3v) is 5.26. The SMILES string of the molecule is COC(=O)C(CCC(N)=O)N1Cc2c(OCc3cn4ccccc4n3)cccc2C1=O. The zero-order valence-electron chi connectivity index (χ0n) is 17.0. The predicted molar refractivity (Wildman–Crippen MR) is 110 cm³/mol. The number of fused-ring (bicyclic) bond motifs is 2. The Morgan fingerprint density at radius 3 is 2.81 bits per heavy atom. The fourth-order valence-corrected chi connectivity index (χ4v) is 3.74. The molecule has 0 saturated heterocycles.